The molecule has 16 heavy (non-hydrogen) atoms. The lowest BCUT2D eigenvalue weighted by Crippen LogP contribution is -2.19. The molecule has 7 heteroatoms. The van der Waals surface area contributed by atoms with Crippen molar-refractivity contribution in [3.63, 3.8) is 0 Å². The van der Waals surface area contributed by atoms with Crippen molar-refractivity contribution < 1.29 is 13.3 Å². The quantitative estimate of drug-likeness (QED) is 0.616. The van der Waals surface area contributed by atoms with Crippen molar-refractivity contribution >= 4 is 10.0 Å². The van der Waals surface area contributed by atoms with E-state index in [4.69, 9.17) is 16.8 Å². The minimum Gasteiger partial charge on any atom is -0.410 e. The molecule has 0 amide bonds. The van der Waals surface area contributed by atoms with Crippen LogP contribution in [-0.4, -0.2) is 14.5 Å². The lowest BCUT2D eigenvalue weighted by molar-refractivity contribution is 0.325. The largest absolute Gasteiger partial charge is 0.410 e. The zero-order valence-electron chi connectivity index (χ0n) is 8.88. The van der Waals surface area contributed by atoms with Crippen LogP contribution in [0, 0.1) is 0 Å². The second kappa shape index (κ2) is 4.79. The molecule has 0 fully saturated rings. The van der Waals surface area contributed by atoms with E-state index in [-0.39, 0.29) is 16.7 Å². The number of hydrogen-bond donors (Lipinski definition) is 3. The highest BCUT2D eigenvalue weighted by Crippen LogP contribution is 2.23. The van der Waals surface area contributed by atoms with Crippen molar-refractivity contribution in [1.82, 2.24) is 0 Å². The predicted molar refractivity (Wildman–Crippen MR) is 60.0 cm³/mol. The van der Waals surface area contributed by atoms with Crippen LogP contribution in [0.3, 0.4) is 0 Å². The molecule has 1 rings (SSSR count). The SMILES string of the molecule is CC(N)Cc1ccc(ON)c(S(N)(=O)=O)c1. The first-order valence-electron chi connectivity index (χ1n) is 4.62. The second-order valence-corrected chi connectivity index (χ2v) is 5.16. The van der Waals surface area contributed by atoms with E-state index in [0.29, 0.717) is 6.42 Å². The molecule has 1 atom stereocenters. The van der Waals surface area contributed by atoms with Crippen LogP contribution < -0.4 is 21.6 Å². The monoisotopic (exact) mass is 245 g/mol. The summed E-state index contributed by atoms with van der Waals surface area (Å²) in [6.07, 6.45) is 0.549. The van der Waals surface area contributed by atoms with Gasteiger partial charge in [0.05, 0.1) is 0 Å². The van der Waals surface area contributed by atoms with Gasteiger partial charge in [-0.15, -0.1) is 0 Å². The van der Waals surface area contributed by atoms with Crippen LogP contribution in [0.25, 0.3) is 0 Å². The molecule has 0 spiro atoms. The summed E-state index contributed by atoms with van der Waals surface area (Å²) < 4.78 is 22.5. The Balaban J connectivity index is 3.22. The number of nitrogens with two attached hydrogens (primary N) is 3. The van der Waals surface area contributed by atoms with Gasteiger partial charge in [0.15, 0.2) is 5.75 Å². The molecule has 0 radical (unpaired) electrons. The summed E-state index contributed by atoms with van der Waals surface area (Å²) in [5.74, 6) is 4.98. The number of primary sulfonamides is 1. The molecule has 0 aliphatic heterocycles. The van der Waals surface area contributed by atoms with Crippen LogP contribution in [0.15, 0.2) is 23.1 Å². The third-order valence-electron chi connectivity index (χ3n) is 2.00. The number of hydrogen-bond acceptors (Lipinski definition) is 5. The van der Waals surface area contributed by atoms with Gasteiger partial charge < -0.3 is 10.6 Å². The highest BCUT2D eigenvalue weighted by atomic mass is 32.2. The van der Waals surface area contributed by atoms with Crippen LogP contribution in [0.2, 0.25) is 0 Å². The first-order chi connectivity index (χ1) is 7.34. The zero-order chi connectivity index (χ0) is 12.3. The van der Waals surface area contributed by atoms with Crippen LogP contribution in [-0.2, 0) is 16.4 Å². The molecule has 1 unspecified atom stereocenters. The van der Waals surface area contributed by atoms with E-state index in [0.717, 1.165) is 5.56 Å². The van der Waals surface area contributed by atoms with E-state index >= 15 is 0 Å². The van der Waals surface area contributed by atoms with Crippen molar-refractivity contribution in [3.8, 4) is 5.75 Å². The number of sulfonamides is 1. The number of rotatable bonds is 4. The maximum atomic E-state index is 11.3. The molecule has 6 N–H and O–H groups in total. The van der Waals surface area contributed by atoms with Gasteiger partial charge in [0.25, 0.3) is 0 Å². The lowest BCUT2D eigenvalue weighted by Gasteiger charge is -2.09. The molecule has 0 saturated heterocycles. The second-order valence-electron chi connectivity index (χ2n) is 3.63. The summed E-state index contributed by atoms with van der Waals surface area (Å²) in [6, 6.07) is 4.50. The van der Waals surface area contributed by atoms with E-state index in [1.807, 2.05) is 6.92 Å². The van der Waals surface area contributed by atoms with Gasteiger partial charge in [-0.1, -0.05) is 6.07 Å². The molecule has 0 heterocycles. The molecule has 0 aromatic heterocycles. The Kier molecular flexibility index (Phi) is 3.87. The van der Waals surface area contributed by atoms with Gasteiger partial charge in [0, 0.05) is 6.04 Å². The molecular formula is C9H15N3O3S. The standard InChI is InChI=1S/C9H15N3O3S/c1-6(10)4-7-2-3-8(15-11)9(5-7)16(12,13)14/h2-3,5-6H,4,10-11H2,1H3,(H2,12,13,14). The van der Waals surface area contributed by atoms with Crippen LogP contribution in [0.4, 0.5) is 0 Å². The maximum absolute atomic E-state index is 11.3. The smallest absolute Gasteiger partial charge is 0.241 e. The van der Waals surface area contributed by atoms with Crippen molar-refractivity contribution in [2.24, 2.45) is 16.8 Å². The summed E-state index contributed by atoms with van der Waals surface area (Å²) in [5, 5.41) is 5.04. The minimum absolute atomic E-state index is 0.0240. The van der Waals surface area contributed by atoms with E-state index in [2.05, 4.69) is 4.84 Å². The molecule has 0 saturated carbocycles. The maximum Gasteiger partial charge on any atom is 0.241 e. The van der Waals surface area contributed by atoms with Crippen molar-refractivity contribution in [3.05, 3.63) is 23.8 Å². The van der Waals surface area contributed by atoms with Gasteiger partial charge in [0.2, 0.25) is 10.0 Å². The first-order valence-corrected chi connectivity index (χ1v) is 6.17. The van der Waals surface area contributed by atoms with Crippen molar-refractivity contribution in [1.29, 1.82) is 0 Å². The molecule has 1 aromatic rings. The van der Waals surface area contributed by atoms with Gasteiger partial charge >= 0.3 is 0 Å². The van der Waals surface area contributed by atoms with E-state index < -0.39 is 10.0 Å². The zero-order valence-corrected chi connectivity index (χ0v) is 9.70. The fourth-order valence-corrected chi connectivity index (χ4v) is 2.08. The molecular weight excluding hydrogens is 230 g/mol. The van der Waals surface area contributed by atoms with Gasteiger partial charge in [-0.05, 0) is 31.0 Å². The van der Waals surface area contributed by atoms with Crippen molar-refractivity contribution in [2.45, 2.75) is 24.3 Å². The summed E-state index contributed by atoms with van der Waals surface area (Å²) in [4.78, 5) is 4.31. The summed E-state index contributed by atoms with van der Waals surface area (Å²) in [6.45, 7) is 1.82. The molecule has 0 aliphatic rings. The average Bonchev–Trinajstić information content (AvgIpc) is 2.15. The molecule has 1 aromatic carbocycles. The summed E-state index contributed by atoms with van der Waals surface area (Å²) in [7, 11) is -3.85. The Labute approximate surface area is 94.4 Å². The Hall–Kier alpha value is -1.15. The minimum atomic E-state index is -3.85. The molecule has 6 nitrogen and oxygen atoms in total. The number of benzene rings is 1. The topological polar surface area (TPSA) is 121 Å². The molecule has 0 bridgehead atoms. The fraction of sp³-hybridized carbons (Fsp3) is 0.333. The highest BCUT2D eigenvalue weighted by Gasteiger charge is 2.16. The molecule has 90 valence electrons. The highest BCUT2D eigenvalue weighted by molar-refractivity contribution is 7.89. The van der Waals surface area contributed by atoms with Gasteiger partial charge in [-0.3, -0.25) is 0 Å². The Bertz CT molecular complexity index is 471. The Morgan fingerprint density at radius 1 is 1.44 bits per heavy atom. The van der Waals surface area contributed by atoms with E-state index in [1.165, 1.54) is 12.1 Å². The normalized spacial score (nSPS) is 13.5. The van der Waals surface area contributed by atoms with Crippen LogP contribution in [0.1, 0.15) is 12.5 Å². The van der Waals surface area contributed by atoms with Crippen LogP contribution in [0.5, 0.6) is 5.75 Å². The van der Waals surface area contributed by atoms with E-state index in [9.17, 15) is 8.42 Å². The van der Waals surface area contributed by atoms with Crippen LogP contribution >= 0.6 is 0 Å². The van der Waals surface area contributed by atoms with E-state index in [1.54, 1.807) is 6.07 Å². The van der Waals surface area contributed by atoms with Gasteiger partial charge in [-0.2, -0.15) is 5.90 Å². The fourth-order valence-electron chi connectivity index (χ4n) is 1.37. The van der Waals surface area contributed by atoms with Gasteiger partial charge in [-0.25, -0.2) is 13.6 Å². The molecule has 0 aliphatic carbocycles. The van der Waals surface area contributed by atoms with Gasteiger partial charge in [0.1, 0.15) is 4.90 Å². The third kappa shape index (κ3) is 3.17. The first kappa shape index (κ1) is 12.9. The Morgan fingerprint density at radius 2 is 2.06 bits per heavy atom. The predicted octanol–water partition coefficient (Wildman–Crippen LogP) is -0.524. The van der Waals surface area contributed by atoms with Crippen molar-refractivity contribution in [2.75, 3.05) is 0 Å². The lowest BCUT2D eigenvalue weighted by atomic mass is 10.1. The summed E-state index contributed by atoms with van der Waals surface area (Å²) >= 11 is 0. The average molecular weight is 245 g/mol. The Morgan fingerprint density at radius 3 is 2.50 bits per heavy atom. The third-order valence-corrected chi connectivity index (χ3v) is 2.93. The summed E-state index contributed by atoms with van der Waals surface area (Å²) in [5.41, 5.74) is 6.38.